The van der Waals surface area contributed by atoms with E-state index in [0.717, 1.165) is 5.56 Å². The fourth-order valence-electron chi connectivity index (χ4n) is 2.41. The highest BCUT2D eigenvalue weighted by molar-refractivity contribution is 6.05. The van der Waals surface area contributed by atoms with Gasteiger partial charge in [-0.15, -0.1) is 0 Å². The molecule has 0 atom stereocenters. The molecule has 1 heterocycles. The van der Waals surface area contributed by atoms with Gasteiger partial charge >= 0.3 is 0 Å². The molecule has 0 spiro atoms. The smallest absolute Gasteiger partial charge is 0.255 e. The summed E-state index contributed by atoms with van der Waals surface area (Å²) >= 11 is 0. The fourth-order valence-corrected chi connectivity index (χ4v) is 2.41. The lowest BCUT2D eigenvalue weighted by atomic mass is 10.1. The van der Waals surface area contributed by atoms with Gasteiger partial charge in [-0.3, -0.25) is 14.6 Å². The minimum Gasteiger partial charge on any atom is -0.508 e. The predicted molar refractivity (Wildman–Crippen MR) is 97.9 cm³/mol. The van der Waals surface area contributed by atoms with Crippen molar-refractivity contribution >= 4 is 17.5 Å². The summed E-state index contributed by atoms with van der Waals surface area (Å²) in [5, 5.41) is 15.1. The second-order valence-corrected chi connectivity index (χ2v) is 5.59. The zero-order chi connectivity index (χ0) is 18.4. The number of phenols is 1. The van der Waals surface area contributed by atoms with Crippen LogP contribution in [0.25, 0.3) is 0 Å². The van der Waals surface area contributed by atoms with Gasteiger partial charge in [-0.05, 0) is 42.0 Å². The maximum absolute atomic E-state index is 12.4. The van der Waals surface area contributed by atoms with Crippen molar-refractivity contribution in [3.05, 3.63) is 89.7 Å². The Kier molecular flexibility index (Phi) is 5.24. The van der Waals surface area contributed by atoms with Crippen LogP contribution in [-0.2, 0) is 6.54 Å². The van der Waals surface area contributed by atoms with Gasteiger partial charge in [0, 0.05) is 30.2 Å². The topological polar surface area (TPSA) is 91.3 Å². The van der Waals surface area contributed by atoms with E-state index in [-0.39, 0.29) is 24.1 Å². The first-order valence-electron chi connectivity index (χ1n) is 8.00. The standard InChI is InChI=1S/C20H17N3O3/c24-17-8-3-6-14(11-17)20(26)23-18-9-2-1-5-15(18)13-22-19(25)16-7-4-10-21-12-16/h1-12,24H,13H2,(H,22,25)(H,23,26). The number of para-hydroxylation sites is 1. The largest absolute Gasteiger partial charge is 0.508 e. The number of anilines is 1. The second kappa shape index (κ2) is 7.94. The number of hydrogen-bond acceptors (Lipinski definition) is 4. The molecule has 2 amide bonds. The number of carbonyl (C=O) groups excluding carboxylic acids is 2. The van der Waals surface area contributed by atoms with Gasteiger partial charge in [0.05, 0.1) is 5.56 Å². The minimum atomic E-state index is -0.341. The second-order valence-electron chi connectivity index (χ2n) is 5.59. The molecule has 0 saturated carbocycles. The summed E-state index contributed by atoms with van der Waals surface area (Å²) in [5.74, 6) is -0.561. The summed E-state index contributed by atoms with van der Waals surface area (Å²) in [6, 6.07) is 16.7. The van der Waals surface area contributed by atoms with Crippen molar-refractivity contribution in [1.29, 1.82) is 0 Å². The summed E-state index contributed by atoms with van der Waals surface area (Å²) in [6.07, 6.45) is 3.09. The molecule has 0 aliphatic rings. The van der Waals surface area contributed by atoms with Gasteiger partial charge in [-0.2, -0.15) is 0 Å². The Hall–Kier alpha value is -3.67. The summed E-state index contributed by atoms with van der Waals surface area (Å²) in [5.41, 5.74) is 2.17. The van der Waals surface area contributed by atoms with Gasteiger partial charge in [-0.1, -0.05) is 24.3 Å². The first kappa shape index (κ1) is 17.2. The SMILES string of the molecule is O=C(NCc1ccccc1NC(=O)c1cccc(O)c1)c1cccnc1. The van der Waals surface area contributed by atoms with E-state index in [1.165, 1.54) is 18.3 Å². The average Bonchev–Trinajstić information content (AvgIpc) is 2.67. The number of pyridine rings is 1. The molecule has 26 heavy (non-hydrogen) atoms. The third kappa shape index (κ3) is 4.24. The predicted octanol–water partition coefficient (Wildman–Crippen LogP) is 2.97. The number of nitrogens with one attached hydrogen (secondary N) is 2. The monoisotopic (exact) mass is 347 g/mol. The Labute approximate surface area is 150 Å². The first-order valence-corrected chi connectivity index (χ1v) is 8.00. The Morgan fingerprint density at radius 3 is 2.50 bits per heavy atom. The van der Waals surface area contributed by atoms with Gasteiger partial charge < -0.3 is 15.7 Å². The normalized spacial score (nSPS) is 10.2. The van der Waals surface area contributed by atoms with Crippen LogP contribution in [-0.4, -0.2) is 21.9 Å². The molecule has 3 rings (SSSR count). The average molecular weight is 347 g/mol. The maximum Gasteiger partial charge on any atom is 0.255 e. The molecule has 6 heteroatoms. The van der Waals surface area contributed by atoms with E-state index in [0.29, 0.717) is 16.8 Å². The van der Waals surface area contributed by atoms with Crippen LogP contribution < -0.4 is 10.6 Å². The molecule has 0 aliphatic heterocycles. The summed E-state index contributed by atoms with van der Waals surface area (Å²) in [7, 11) is 0. The van der Waals surface area contributed by atoms with Crippen molar-refractivity contribution in [3.63, 3.8) is 0 Å². The number of hydrogen-bond donors (Lipinski definition) is 3. The van der Waals surface area contributed by atoms with Crippen LogP contribution in [0, 0.1) is 0 Å². The molecule has 0 unspecified atom stereocenters. The molecular formula is C20H17N3O3. The van der Waals surface area contributed by atoms with E-state index in [2.05, 4.69) is 15.6 Å². The van der Waals surface area contributed by atoms with Crippen LogP contribution in [0.2, 0.25) is 0 Å². The summed E-state index contributed by atoms with van der Waals surface area (Å²) < 4.78 is 0. The van der Waals surface area contributed by atoms with Gasteiger partial charge in [0.2, 0.25) is 0 Å². The molecule has 0 aliphatic carbocycles. The Morgan fingerprint density at radius 1 is 0.923 bits per heavy atom. The molecule has 3 N–H and O–H groups in total. The quantitative estimate of drug-likeness (QED) is 0.662. The molecule has 0 fully saturated rings. The van der Waals surface area contributed by atoms with Crippen LogP contribution >= 0.6 is 0 Å². The molecule has 6 nitrogen and oxygen atoms in total. The van der Waals surface area contributed by atoms with E-state index in [1.807, 2.05) is 12.1 Å². The fraction of sp³-hybridized carbons (Fsp3) is 0.0500. The molecule has 3 aromatic rings. The van der Waals surface area contributed by atoms with Crippen molar-refractivity contribution < 1.29 is 14.7 Å². The Balaban J connectivity index is 1.70. The third-order valence-electron chi connectivity index (χ3n) is 3.74. The van der Waals surface area contributed by atoms with E-state index in [1.54, 1.807) is 42.6 Å². The Morgan fingerprint density at radius 2 is 1.73 bits per heavy atom. The van der Waals surface area contributed by atoms with Crippen LogP contribution in [0.4, 0.5) is 5.69 Å². The lowest BCUT2D eigenvalue weighted by molar-refractivity contribution is 0.0950. The Bertz CT molecular complexity index is 926. The van der Waals surface area contributed by atoms with Gasteiger partial charge in [0.15, 0.2) is 0 Å². The van der Waals surface area contributed by atoms with Gasteiger partial charge in [0.1, 0.15) is 5.75 Å². The van der Waals surface area contributed by atoms with E-state index < -0.39 is 0 Å². The number of aromatic hydroxyl groups is 1. The number of nitrogens with zero attached hydrogens (tertiary/aromatic N) is 1. The summed E-state index contributed by atoms with van der Waals surface area (Å²) in [4.78, 5) is 28.4. The number of carbonyl (C=O) groups is 2. The molecular weight excluding hydrogens is 330 g/mol. The van der Waals surface area contributed by atoms with Crippen LogP contribution in [0.15, 0.2) is 73.1 Å². The molecule has 1 aromatic heterocycles. The minimum absolute atomic E-state index is 0.0228. The maximum atomic E-state index is 12.4. The van der Waals surface area contributed by atoms with Crippen molar-refractivity contribution in [2.24, 2.45) is 0 Å². The molecule has 2 aromatic carbocycles. The number of phenolic OH excluding ortho intramolecular Hbond substituents is 1. The first-order chi connectivity index (χ1) is 12.6. The zero-order valence-electron chi connectivity index (χ0n) is 13.8. The summed E-state index contributed by atoms with van der Waals surface area (Å²) in [6.45, 7) is 0.254. The van der Waals surface area contributed by atoms with Gasteiger partial charge in [-0.25, -0.2) is 0 Å². The lowest BCUT2D eigenvalue weighted by Crippen LogP contribution is -2.24. The van der Waals surface area contributed by atoms with Crippen molar-refractivity contribution in [1.82, 2.24) is 10.3 Å². The van der Waals surface area contributed by atoms with Crippen molar-refractivity contribution in [3.8, 4) is 5.75 Å². The van der Waals surface area contributed by atoms with E-state index >= 15 is 0 Å². The van der Waals surface area contributed by atoms with Gasteiger partial charge in [0.25, 0.3) is 11.8 Å². The number of rotatable bonds is 5. The van der Waals surface area contributed by atoms with E-state index in [4.69, 9.17) is 0 Å². The highest BCUT2D eigenvalue weighted by atomic mass is 16.3. The molecule has 0 radical (unpaired) electrons. The number of aromatic nitrogens is 1. The van der Waals surface area contributed by atoms with E-state index in [9.17, 15) is 14.7 Å². The lowest BCUT2D eigenvalue weighted by Gasteiger charge is -2.12. The van der Waals surface area contributed by atoms with Crippen molar-refractivity contribution in [2.75, 3.05) is 5.32 Å². The van der Waals surface area contributed by atoms with Crippen LogP contribution in [0.5, 0.6) is 5.75 Å². The highest BCUT2D eigenvalue weighted by Gasteiger charge is 2.11. The number of amides is 2. The molecule has 0 saturated heterocycles. The highest BCUT2D eigenvalue weighted by Crippen LogP contribution is 2.18. The zero-order valence-corrected chi connectivity index (χ0v) is 13.8. The third-order valence-corrected chi connectivity index (χ3v) is 3.74. The molecule has 0 bridgehead atoms. The van der Waals surface area contributed by atoms with Crippen LogP contribution in [0.1, 0.15) is 26.3 Å². The van der Waals surface area contributed by atoms with Crippen LogP contribution in [0.3, 0.4) is 0 Å². The van der Waals surface area contributed by atoms with Crippen molar-refractivity contribution in [2.45, 2.75) is 6.54 Å². The molecule has 130 valence electrons. The number of benzene rings is 2.